The maximum absolute atomic E-state index is 13.1. The van der Waals surface area contributed by atoms with Crippen LogP contribution >= 0.6 is 0 Å². The molecule has 1 fully saturated rings. The van der Waals surface area contributed by atoms with Gasteiger partial charge >= 0.3 is 0 Å². The predicted octanol–water partition coefficient (Wildman–Crippen LogP) is 4.86. The Hall–Kier alpha value is -3.67. The van der Waals surface area contributed by atoms with Gasteiger partial charge in [0.2, 0.25) is 5.91 Å². The number of rotatable bonds is 3. The summed E-state index contributed by atoms with van der Waals surface area (Å²) in [5.74, 6) is 0.121. The maximum atomic E-state index is 13.1. The van der Waals surface area contributed by atoms with Crippen molar-refractivity contribution in [3.8, 4) is 0 Å². The number of hydrogen-bond acceptors (Lipinski definition) is 4. The normalized spacial score (nSPS) is 22.6. The lowest BCUT2D eigenvalue weighted by molar-refractivity contribution is -0.384. The minimum atomic E-state index is -0.396. The highest BCUT2D eigenvalue weighted by atomic mass is 16.6. The number of para-hydroxylation sites is 2. The van der Waals surface area contributed by atoms with Crippen molar-refractivity contribution in [2.45, 2.75) is 18.5 Å². The van der Waals surface area contributed by atoms with Crippen molar-refractivity contribution < 1.29 is 9.72 Å². The second-order valence-electron chi connectivity index (χ2n) is 7.47. The molecule has 0 aliphatic carbocycles. The SMILES string of the molecule is O=C1C[C@@H]2[C@@H](c3ccccc3N[C@H]2c2ccc([N+](=O)[O-])cc2)N1c1ccccc1. The number of nitro benzene ring substituents is 1. The number of benzene rings is 3. The Kier molecular flexibility index (Phi) is 4.05. The lowest BCUT2D eigenvalue weighted by Crippen LogP contribution is -2.35. The zero-order valence-corrected chi connectivity index (χ0v) is 15.6. The first-order valence-electron chi connectivity index (χ1n) is 9.60. The third-order valence-corrected chi connectivity index (χ3v) is 5.88. The molecular formula is C23H19N3O3. The summed E-state index contributed by atoms with van der Waals surface area (Å²) in [6.45, 7) is 0. The number of anilines is 2. The molecule has 2 heterocycles. The van der Waals surface area contributed by atoms with Gasteiger partial charge in [0, 0.05) is 35.8 Å². The van der Waals surface area contributed by atoms with E-state index in [1.54, 1.807) is 12.1 Å². The van der Waals surface area contributed by atoms with Gasteiger partial charge in [0.15, 0.2) is 0 Å². The monoisotopic (exact) mass is 385 g/mol. The fraction of sp³-hybridized carbons (Fsp3) is 0.174. The molecule has 1 amide bonds. The van der Waals surface area contributed by atoms with Gasteiger partial charge in [-0.15, -0.1) is 0 Å². The van der Waals surface area contributed by atoms with Crippen molar-refractivity contribution >= 4 is 23.0 Å². The smallest absolute Gasteiger partial charge is 0.269 e. The molecule has 0 radical (unpaired) electrons. The molecule has 2 aliphatic rings. The number of amides is 1. The molecule has 6 nitrogen and oxygen atoms in total. The van der Waals surface area contributed by atoms with E-state index in [1.807, 2.05) is 53.4 Å². The van der Waals surface area contributed by atoms with Crippen LogP contribution in [0.3, 0.4) is 0 Å². The molecule has 0 aromatic heterocycles. The zero-order valence-electron chi connectivity index (χ0n) is 15.6. The maximum Gasteiger partial charge on any atom is 0.269 e. The number of nitrogens with one attached hydrogen (secondary N) is 1. The van der Waals surface area contributed by atoms with Crippen LogP contribution in [0.2, 0.25) is 0 Å². The molecule has 2 aliphatic heterocycles. The highest BCUT2D eigenvalue weighted by Crippen LogP contribution is 2.52. The van der Waals surface area contributed by atoms with E-state index >= 15 is 0 Å². The Morgan fingerprint density at radius 3 is 2.34 bits per heavy atom. The van der Waals surface area contributed by atoms with Crippen molar-refractivity contribution in [3.63, 3.8) is 0 Å². The summed E-state index contributed by atoms with van der Waals surface area (Å²) in [5, 5.41) is 14.6. The molecule has 0 spiro atoms. The van der Waals surface area contributed by atoms with Gasteiger partial charge in [-0.3, -0.25) is 14.9 Å². The number of carbonyl (C=O) groups is 1. The standard InChI is InChI=1S/C23H19N3O3/c27-21-14-19-22(15-10-12-17(13-11-15)26(28)29)24-20-9-5-4-8-18(20)23(19)25(21)16-6-2-1-3-7-16/h1-13,19,22-24H,14H2/t19-,22-,23+/m0/s1. The quantitative estimate of drug-likeness (QED) is 0.516. The lowest BCUT2D eigenvalue weighted by atomic mass is 9.80. The Bertz CT molecular complexity index is 1080. The lowest BCUT2D eigenvalue weighted by Gasteiger charge is -2.39. The van der Waals surface area contributed by atoms with E-state index < -0.39 is 4.92 Å². The third-order valence-electron chi connectivity index (χ3n) is 5.88. The van der Waals surface area contributed by atoms with Crippen LogP contribution in [0, 0.1) is 16.0 Å². The Morgan fingerprint density at radius 1 is 0.931 bits per heavy atom. The van der Waals surface area contributed by atoms with Crippen LogP contribution in [0.5, 0.6) is 0 Å². The van der Waals surface area contributed by atoms with Crippen LogP contribution in [-0.2, 0) is 4.79 Å². The first kappa shape index (κ1) is 17.4. The van der Waals surface area contributed by atoms with Crippen LogP contribution in [0.1, 0.15) is 29.6 Å². The van der Waals surface area contributed by atoms with Gasteiger partial charge in [-0.25, -0.2) is 0 Å². The highest BCUT2D eigenvalue weighted by Gasteiger charge is 2.48. The van der Waals surface area contributed by atoms with Crippen molar-refractivity contribution in [2.24, 2.45) is 5.92 Å². The zero-order chi connectivity index (χ0) is 20.0. The second-order valence-corrected chi connectivity index (χ2v) is 7.47. The van der Waals surface area contributed by atoms with E-state index in [4.69, 9.17) is 0 Å². The average Bonchev–Trinajstić information content (AvgIpc) is 3.11. The topological polar surface area (TPSA) is 75.5 Å². The minimum Gasteiger partial charge on any atom is -0.378 e. The molecular weight excluding hydrogens is 366 g/mol. The molecule has 3 atom stereocenters. The van der Waals surface area contributed by atoms with Gasteiger partial charge in [-0.05, 0) is 29.3 Å². The first-order valence-corrected chi connectivity index (χ1v) is 9.60. The van der Waals surface area contributed by atoms with Crippen molar-refractivity contribution in [1.29, 1.82) is 0 Å². The Labute approximate surface area is 167 Å². The van der Waals surface area contributed by atoms with Crippen LogP contribution < -0.4 is 10.2 Å². The number of non-ortho nitro benzene ring substituents is 1. The van der Waals surface area contributed by atoms with Crippen molar-refractivity contribution in [1.82, 2.24) is 0 Å². The first-order chi connectivity index (χ1) is 14.1. The van der Waals surface area contributed by atoms with Crippen LogP contribution in [0.15, 0.2) is 78.9 Å². The van der Waals surface area contributed by atoms with E-state index in [-0.39, 0.29) is 29.6 Å². The summed E-state index contributed by atoms with van der Waals surface area (Å²) in [5.41, 5.74) is 4.00. The number of fused-ring (bicyclic) bond motifs is 3. The van der Waals surface area contributed by atoms with Gasteiger partial charge in [-0.2, -0.15) is 0 Å². The molecule has 1 saturated heterocycles. The largest absolute Gasteiger partial charge is 0.378 e. The van der Waals surface area contributed by atoms with Crippen LogP contribution in [-0.4, -0.2) is 10.8 Å². The van der Waals surface area contributed by atoms with Gasteiger partial charge in [-0.1, -0.05) is 48.5 Å². The van der Waals surface area contributed by atoms with Gasteiger partial charge < -0.3 is 10.2 Å². The third kappa shape index (κ3) is 2.84. The number of hydrogen-bond donors (Lipinski definition) is 1. The number of nitro groups is 1. The molecule has 3 aromatic rings. The molecule has 144 valence electrons. The molecule has 0 bridgehead atoms. The molecule has 6 heteroatoms. The number of nitrogens with zero attached hydrogens (tertiary/aromatic N) is 2. The summed E-state index contributed by atoms with van der Waals surface area (Å²) in [7, 11) is 0. The van der Waals surface area contributed by atoms with E-state index in [0.29, 0.717) is 6.42 Å². The van der Waals surface area contributed by atoms with Gasteiger partial charge in [0.05, 0.1) is 17.0 Å². The predicted molar refractivity (Wildman–Crippen MR) is 111 cm³/mol. The van der Waals surface area contributed by atoms with Crippen LogP contribution in [0.4, 0.5) is 17.1 Å². The van der Waals surface area contributed by atoms with Gasteiger partial charge in [0.25, 0.3) is 5.69 Å². The number of carbonyl (C=O) groups excluding carboxylic acids is 1. The fourth-order valence-electron chi connectivity index (χ4n) is 4.62. The Balaban J connectivity index is 1.60. The summed E-state index contributed by atoms with van der Waals surface area (Å²) in [4.78, 5) is 25.6. The van der Waals surface area contributed by atoms with E-state index in [1.165, 1.54) is 12.1 Å². The van der Waals surface area contributed by atoms with E-state index in [9.17, 15) is 14.9 Å². The summed E-state index contributed by atoms with van der Waals surface area (Å²) < 4.78 is 0. The molecule has 0 saturated carbocycles. The molecule has 29 heavy (non-hydrogen) atoms. The summed E-state index contributed by atoms with van der Waals surface area (Å²) >= 11 is 0. The van der Waals surface area contributed by atoms with Gasteiger partial charge in [0.1, 0.15) is 0 Å². The Morgan fingerprint density at radius 2 is 1.62 bits per heavy atom. The summed E-state index contributed by atoms with van der Waals surface area (Å²) in [6.07, 6.45) is 0.419. The molecule has 3 aromatic carbocycles. The molecule has 1 N–H and O–H groups in total. The summed E-state index contributed by atoms with van der Waals surface area (Å²) in [6, 6.07) is 24.3. The fourth-order valence-corrected chi connectivity index (χ4v) is 4.62. The van der Waals surface area contributed by atoms with E-state index in [0.717, 1.165) is 22.5 Å². The highest BCUT2D eigenvalue weighted by molar-refractivity contribution is 5.97. The molecule has 5 rings (SSSR count). The van der Waals surface area contributed by atoms with Crippen LogP contribution in [0.25, 0.3) is 0 Å². The second kappa shape index (κ2) is 6.74. The molecule has 0 unspecified atom stereocenters. The average molecular weight is 385 g/mol. The van der Waals surface area contributed by atoms with Crippen molar-refractivity contribution in [2.75, 3.05) is 10.2 Å². The van der Waals surface area contributed by atoms with Crippen molar-refractivity contribution in [3.05, 3.63) is 100 Å². The minimum absolute atomic E-state index is 0.0269. The van der Waals surface area contributed by atoms with E-state index in [2.05, 4.69) is 11.4 Å².